The number of sulfonamides is 1. The summed E-state index contributed by atoms with van der Waals surface area (Å²) in [7, 11) is -3.52. The zero-order valence-corrected chi connectivity index (χ0v) is 11.3. The Hall–Kier alpha value is -1.66. The molecule has 1 aliphatic carbocycles. The van der Waals surface area contributed by atoms with Crippen LogP contribution >= 0.6 is 0 Å². The molecule has 1 aliphatic rings. The molecule has 0 heterocycles. The zero-order valence-electron chi connectivity index (χ0n) is 10.5. The van der Waals surface area contributed by atoms with E-state index in [1.54, 1.807) is 19.1 Å². The molecular weight excluding hydrogens is 266 g/mol. The minimum absolute atomic E-state index is 0.0441. The van der Waals surface area contributed by atoms with Crippen LogP contribution in [0, 0.1) is 6.92 Å². The van der Waals surface area contributed by atoms with Gasteiger partial charge in [0.1, 0.15) is 0 Å². The molecule has 0 bridgehead atoms. The number of benzene rings is 1. The molecule has 0 saturated heterocycles. The molecule has 0 aliphatic heterocycles. The van der Waals surface area contributed by atoms with Gasteiger partial charge in [-0.2, -0.15) is 0 Å². The second-order valence-electron chi connectivity index (χ2n) is 4.59. The van der Waals surface area contributed by atoms with Crippen LogP contribution in [-0.2, 0) is 14.8 Å². The summed E-state index contributed by atoms with van der Waals surface area (Å²) >= 11 is 0. The van der Waals surface area contributed by atoms with Crippen molar-refractivity contribution in [3.63, 3.8) is 0 Å². The van der Waals surface area contributed by atoms with Crippen molar-refractivity contribution in [3.05, 3.63) is 35.4 Å². The monoisotopic (exact) mass is 281 g/mol. The Labute approximate surface area is 112 Å². The fourth-order valence-corrected chi connectivity index (χ4v) is 3.25. The van der Waals surface area contributed by atoms with Crippen LogP contribution in [0.15, 0.2) is 29.2 Å². The molecule has 0 aromatic heterocycles. The molecule has 1 aromatic carbocycles. The van der Waals surface area contributed by atoms with Crippen LogP contribution in [0.1, 0.15) is 24.0 Å². The summed E-state index contributed by atoms with van der Waals surface area (Å²) in [6.07, 6.45) is 4.10. The predicted molar refractivity (Wildman–Crippen MR) is 71.2 cm³/mol. The molecule has 5 nitrogen and oxygen atoms in total. The molecule has 0 spiro atoms. The van der Waals surface area contributed by atoms with Gasteiger partial charge in [-0.1, -0.05) is 12.1 Å². The highest BCUT2D eigenvalue weighted by molar-refractivity contribution is 7.89. The summed E-state index contributed by atoms with van der Waals surface area (Å²) in [4.78, 5) is 10.7. The molecule has 2 rings (SSSR count). The van der Waals surface area contributed by atoms with Crippen molar-refractivity contribution < 1.29 is 18.3 Å². The Morgan fingerprint density at radius 1 is 1.42 bits per heavy atom. The van der Waals surface area contributed by atoms with Crippen molar-refractivity contribution in [2.45, 2.75) is 30.7 Å². The first-order valence-electron chi connectivity index (χ1n) is 5.92. The maximum atomic E-state index is 12.1. The molecular formula is C13H15NO4S. The molecule has 0 atom stereocenters. The van der Waals surface area contributed by atoms with E-state index in [4.69, 9.17) is 5.11 Å². The van der Waals surface area contributed by atoms with Gasteiger partial charge in [0.2, 0.25) is 10.0 Å². The van der Waals surface area contributed by atoms with Gasteiger partial charge in [-0.15, -0.1) is 0 Å². The lowest BCUT2D eigenvalue weighted by Gasteiger charge is -2.09. The van der Waals surface area contributed by atoms with Gasteiger partial charge < -0.3 is 5.11 Å². The highest BCUT2D eigenvalue weighted by atomic mass is 32.2. The lowest BCUT2D eigenvalue weighted by molar-refractivity contribution is -0.131. The third kappa shape index (κ3) is 3.65. The lowest BCUT2D eigenvalue weighted by atomic mass is 10.1. The first kappa shape index (κ1) is 13.8. The van der Waals surface area contributed by atoms with Gasteiger partial charge in [0.05, 0.1) is 4.90 Å². The fraction of sp³-hybridized carbons (Fsp3) is 0.308. The molecule has 6 heteroatoms. The highest BCUT2D eigenvalue weighted by Crippen LogP contribution is 2.24. The van der Waals surface area contributed by atoms with Gasteiger partial charge in [-0.3, -0.25) is 0 Å². The van der Waals surface area contributed by atoms with E-state index >= 15 is 0 Å². The van der Waals surface area contributed by atoms with E-state index in [2.05, 4.69) is 4.72 Å². The Morgan fingerprint density at radius 2 is 2.11 bits per heavy atom. The molecule has 0 amide bonds. The smallest absolute Gasteiger partial charge is 0.328 e. The number of hydrogen-bond donors (Lipinski definition) is 2. The Morgan fingerprint density at radius 3 is 2.68 bits per heavy atom. The minimum atomic E-state index is -3.52. The maximum Gasteiger partial charge on any atom is 0.328 e. The van der Waals surface area contributed by atoms with Crippen molar-refractivity contribution in [1.29, 1.82) is 0 Å². The second kappa shape index (κ2) is 5.14. The fourth-order valence-electron chi connectivity index (χ4n) is 1.66. The number of hydrogen-bond acceptors (Lipinski definition) is 3. The van der Waals surface area contributed by atoms with Gasteiger partial charge in [-0.25, -0.2) is 17.9 Å². The van der Waals surface area contributed by atoms with Crippen molar-refractivity contribution in [2.75, 3.05) is 0 Å². The largest absolute Gasteiger partial charge is 0.478 e. The van der Waals surface area contributed by atoms with Crippen LogP contribution in [0.25, 0.3) is 6.08 Å². The van der Waals surface area contributed by atoms with E-state index < -0.39 is 16.0 Å². The number of rotatable bonds is 5. The van der Waals surface area contributed by atoms with Crippen molar-refractivity contribution >= 4 is 22.1 Å². The van der Waals surface area contributed by atoms with E-state index in [0.717, 1.165) is 18.9 Å². The van der Waals surface area contributed by atoms with Gasteiger partial charge >= 0.3 is 5.97 Å². The van der Waals surface area contributed by atoms with Crippen LogP contribution in [0.4, 0.5) is 0 Å². The maximum absolute atomic E-state index is 12.1. The normalized spacial score (nSPS) is 15.8. The van der Waals surface area contributed by atoms with Crippen molar-refractivity contribution in [3.8, 4) is 0 Å². The molecule has 19 heavy (non-hydrogen) atoms. The van der Waals surface area contributed by atoms with E-state index in [-0.39, 0.29) is 10.9 Å². The van der Waals surface area contributed by atoms with E-state index in [1.165, 1.54) is 12.1 Å². The Balaban J connectivity index is 2.33. The van der Waals surface area contributed by atoms with Crippen LogP contribution in [0.5, 0.6) is 0 Å². The van der Waals surface area contributed by atoms with Crippen LogP contribution < -0.4 is 4.72 Å². The predicted octanol–water partition coefficient (Wildman–Crippen LogP) is 1.53. The van der Waals surface area contributed by atoms with Crippen molar-refractivity contribution in [2.24, 2.45) is 0 Å². The second-order valence-corrected chi connectivity index (χ2v) is 6.27. The number of carbonyl (C=O) groups is 1. The van der Waals surface area contributed by atoms with Gasteiger partial charge in [-0.05, 0) is 43.0 Å². The third-order valence-electron chi connectivity index (χ3n) is 2.82. The summed E-state index contributed by atoms with van der Waals surface area (Å²) in [5.41, 5.74) is 1.18. The van der Waals surface area contributed by atoms with Gasteiger partial charge in [0.25, 0.3) is 0 Å². The summed E-state index contributed by atoms with van der Waals surface area (Å²) in [6, 6.07) is 4.88. The summed E-state index contributed by atoms with van der Waals surface area (Å²) in [5, 5.41) is 8.57. The van der Waals surface area contributed by atoms with Crippen LogP contribution in [0.3, 0.4) is 0 Å². The van der Waals surface area contributed by atoms with Crippen LogP contribution in [-0.4, -0.2) is 25.5 Å². The van der Waals surface area contributed by atoms with E-state index in [9.17, 15) is 13.2 Å². The molecule has 102 valence electrons. The number of aryl methyl sites for hydroxylation is 1. The number of aliphatic carboxylic acids is 1. The van der Waals surface area contributed by atoms with Crippen LogP contribution in [0.2, 0.25) is 0 Å². The molecule has 0 unspecified atom stereocenters. The Kier molecular flexibility index (Phi) is 3.73. The first-order chi connectivity index (χ1) is 8.88. The molecule has 1 aromatic rings. The SMILES string of the molecule is Cc1ccc(/C=C/C(=O)O)cc1S(=O)(=O)NC1CC1. The number of nitrogens with one attached hydrogen (secondary N) is 1. The summed E-state index contributed by atoms with van der Waals surface area (Å²) < 4.78 is 26.9. The summed E-state index contributed by atoms with van der Waals surface area (Å²) in [6.45, 7) is 1.71. The standard InChI is InChI=1S/C13H15NO4S/c1-9-2-3-10(4-7-13(15)16)8-12(9)19(17,18)14-11-5-6-11/h2-4,7-8,11,14H,5-6H2,1H3,(H,15,16)/b7-4+. The first-order valence-corrected chi connectivity index (χ1v) is 7.41. The Bertz CT molecular complexity index is 630. The lowest BCUT2D eigenvalue weighted by Crippen LogP contribution is -2.26. The third-order valence-corrected chi connectivity index (χ3v) is 4.48. The molecule has 0 radical (unpaired) electrons. The van der Waals surface area contributed by atoms with E-state index in [0.29, 0.717) is 11.1 Å². The molecule has 2 N–H and O–H groups in total. The number of carboxylic acid groups (broad SMARTS) is 1. The minimum Gasteiger partial charge on any atom is -0.478 e. The molecule has 1 fully saturated rings. The highest BCUT2D eigenvalue weighted by Gasteiger charge is 2.28. The quantitative estimate of drug-likeness (QED) is 0.802. The topological polar surface area (TPSA) is 83.5 Å². The van der Waals surface area contributed by atoms with Crippen molar-refractivity contribution in [1.82, 2.24) is 4.72 Å². The summed E-state index contributed by atoms with van der Waals surface area (Å²) in [5.74, 6) is -1.07. The average Bonchev–Trinajstić information content (AvgIpc) is 3.10. The molecule has 1 saturated carbocycles. The van der Waals surface area contributed by atoms with E-state index in [1.807, 2.05) is 0 Å². The van der Waals surface area contributed by atoms with Gasteiger partial charge in [0.15, 0.2) is 0 Å². The van der Waals surface area contributed by atoms with Gasteiger partial charge in [0, 0.05) is 12.1 Å². The zero-order chi connectivity index (χ0) is 14.0. The average molecular weight is 281 g/mol. The number of carboxylic acids is 1.